The summed E-state index contributed by atoms with van der Waals surface area (Å²) in [6, 6.07) is 3.99. The van der Waals surface area contributed by atoms with Gasteiger partial charge in [-0.05, 0) is 48.9 Å². The maximum Gasteiger partial charge on any atom is 0.267 e. The fourth-order valence-corrected chi connectivity index (χ4v) is 4.27. The van der Waals surface area contributed by atoms with Crippen molar-refractivity contribution in [2.75, 3.05) is 0 Å². The van der Waals surface area contributed by atoms with Gasteiger partial charge in [0.25, 0.3) is 5.56 Å². The lowest BCUT2D eigenvalue weighted by Crippen LogP contribution is -2.22. The molecule has 5 rings (SSSR count). The van der Waals surface area contributed by atoms with Crippen molar-refractivity contribution < 1.29 is 26.9 Å². The van der Waals surface area contributed by atoms with Crippen LogP contribution < -0.4 is 5.56 Å². The number of carbonyl (C=O) groups excluding carboxylic acids is 1. The molecular weight excluding hydrogens is 470 g/mol. The zero-order valence-corrected chi connectivity index (χ0v) is 18.0. The van der Waals surface area contributed by atoms with Crippen molar-refractivity contribution in [2.45, 2.75) is 38.0 Å². The first-order chi connectivity index (χ1) is 16.8. The molecule has 8 nitrogen and oxygen atoms in total. The maximum atomic E-state index is 14.3. The van der Waals surface area contributed by atoms with Gasteiger partial charge in [0.1, 0.15) is 17.3 Å². The average Bonchev–Trinajstić information content (AvgIpc) is 3.45. The molecule has 1 aromatic carbocycles. The van der Waals surface area contributed by atoms with E-state index in [-0.39, 0.29) is 43.0 Å². The fourth-order valence-electron chi connectivity index (χ4n) is 4.27. The van der Waals surface area contributed by atoms with Crippen molar-refractivity contribution in [1.82, 2.24) is 24.9 Å². The van der Waals surface area contributed by atoms with E-state index in [1.54, 1.807) is 0 Å². The fraction of sp³-hybridized carbons (Fsp3) is 0.261. The molecule has 0 saturated carbocycles. The third kappa shape index (κ3) is 4.38. The Morgan fingerprint density at radius 1 is 1.17 bits per heavy atom. The largest absolute Gasteiger partial charge is 0.339 e. The maximum absolute atomic E-state index is 14.3. The molecule has 1 N–H and O–H groups in total. The summed E-state index contributed by atoms with van der Waals surface area (Å²) in [4.78, 5) is 33.3. The highest BCUT2D eigenvalue weighted by molar-refractivity contribution is 5.79. The number of aromatic nitrogens is 5. The lowest BCUT2D eigenvalue weighted by molar-refractivity contribution is 0.0878. The lowest BCUT2D eigenvalue weighted by atomic mass is 9.82. The zero-order chi connectivity index (χ0) is 24.7. The Bertz CT molecular complexity index is 1480. The molecule has 35 heavy (non-hydrogen) atoms. The summed E-state index contributed by atoms with van der Waals surface area (Å²) in [5.74, 6) is -4.66. The molecule has 0 saturated heterocycles. The zero-order valence-electron chi connectivity index (χ0n) is 18.0. The summed E-state index contributed by atoms with van der Waals surface area (Å²) < 4.78 is 61.0. The highest BCUT2D eigenvalue weighted by Crippen LogP contribution is 2.34. The van der Waals surface area contributed by atoms with Crippen molar-refractivity contribution in [3.8, 4) is 11.5 Å². The van der Waals surface area contributed by atoms with Crippen LogP contribution in [0.1, 0.15) is 46.3 Å². The molecule has 4 aromatic rings. The van der Waals surface area contributed by atoms with Crippen molar-refractivity contribution in [3.63, 3.8) is 0 Å². The number of hydrogen-bond donors (Lipinski definition) is 1. The van der Waals surface area contributed by atoms with Gasteiger partial charge in [0.2, 0.25) is 17.6 Å². The van der Waals surface area contributed by atoms with Gasteiger partial charge in [-0.3, -0.25) is 14.7 Å². The molecule has 0 amide bonds. The van der Waals surface area contributed by atoms with E-state index in [1.165, 1.54) is 12.1 Å². The summed E-state index contributed by atoms with van der Waals surface area (Å²) in [6.07, 6.45) is 1.54. The Morgan fingerprint density at radius 3 is 2.77 bits per heavy atom. The average molecular weight is 487 g/mol. The molecule has 12 heteroatoms. The Hall–Kier alpha value is -4.09. The van der Waals surface area contributed by atoms with Crippen molar-refractivity contribution >= 4 is 5.91 Å². The monoisotopic (exact) mass is 487 g/mol. The SMILES string of the molecule is O=C(CCc1nc(-c2ccc(F)cn2)no1)n1[nH]c(=O)c2c1CC(c1cc(F)cc(F)c1F)CC2. The number of fused-ring (bicyclic) bond motifs is 1. The smallest absolute Gasteiger partial charge is 0.267 e. The number of hydrogen-bond acceptors (Lipinski definition) is 6. The summed E-state index contributed by atoms with van der Waals surface area (Å²) in [5, 5.41) is 6.26. The van der Waals surface area contributed by atoms with Gasteiger partial charge in [-0.2, -0.15) is 4.98 Å². The number of nitrogens with one attached hydrogen (secondary N) is 1. The van der Waals surface area contributed by atoms with Crippen LogP contribution in [0.15, 0.2) is 39.8 Å². The van der Waals surface area contributed by atoms with Crippen molar-refractivity contribution in [3.05, 3.63) is 86.8 Å². The molecule has 0 radical (unpaired) electrons. The van der Waals surface area contributed by atoms with E-state index in [4.69, 9.17) is 4.52 Å². The highest BCUT2D eigenvalue weighted by atomic mass is 19.2. The number of halogens is 4. The molecule has 0 fully saturated rings. The number of H-pyrrole nitrogens is 1. The quantitative estimate of drug-likeness (QED) is 0.340. The van der Waals surface area contributed by atoms with E-state index in [0.29, 0.717) is 29.4 Å². The van der Waals surface area contributed by atoms with Crippen LogP contribution in [0.5, 0.6) is 0 Å². The molecule has 0 bridgehead atoms. The van der Waals surface area contributed by atoms with Gasteiger partial charge in [0, 0.05) is 24.5 Å². The minimum absolute atomic E-state index is 0.0508. The van der Waals surface area contributed by atoms with Crippen molar-refractivity contribution in [2.24, 2.45) is 0 Å². The van der Waals surface area contributed by atoms with E-state index in [1.807, 2.05) is 0 Å². The Balaban J connectivity index is 1.33. The predicted octanol–water partition coefficient (Wildman–Crippen LogP) is 3.72. The molecule has 3 aromatic heterocycles. The van der Waals surface area contributed by atoms with Crippen LogP contribution in [-0.4, -0.2) is 30.8 Å². The van der Waals surface area contributed by atoms with Crippen LogP contribution in [0.25, 0.3) is 11.5 Å². The minimum atomic E-state index is -1.29. The molecule has 1 aliphatic rings. The normalized spacial score (nSPS) is 15.3. The van der Waals surface area contributed by atoms with Crippen LogP contribution in [-0.2, 0) is 19.3 Å². The second kappa shape index (κ2) is 8.93. The van der Waals surface area contributed by atoms with Crippen LogP contribution in [0, 0.1) is 23.3 Å². The van der Waals surface area contributed by atoms with Gasteiger partial charge in [0.15, 0.2) is 11.6 Å². The number of rotatable bonds is 5. The molecule has 1 unspecified atom stereocenters. The molecule has 1 atom stereocenters. The van der Waals surface area contributed by atoms with E-state index >= 15 is 0 Å². The van der Waals surface area contributed by atoms with Crippen LogP contribution in [0.3, 0.4) is 0 Å². The van der Waals surface area contributed by atoms with Crippen molar-refractivity contribution in [1.29, 1.82) is 0 Å². The Morgan fingerprint density at radius 2 is 2.00 bits per heavy atom. The van der Waals surface area contributed by atoms with Crippen LogP contribution >= 0.6 is 0 Å². The van der Waals surface area contributed by atoms with E-state index < -0.39 is 40.7 Å². The second-order valence-corrected chi connectivity index (χ2v) is 8.20. The van der Waals surface area contributed by atoms with Gasteiger partial charge >= 0.3 is 0 Å². The lowest BCUT2D eigenvalue weighted by Gasteiger charge is -2.23. The number of nitrogens with zero attached hydrogens (tertiary/aromatic N) is 4. The highest BCUT2D eigenvalue weighted by Gasteiger charge is 2.30. The van der Waals surface area contributed by atoms with E-state index in [9.17, 15) is 27.2 Å². The molecule has 3 heterocycles. The Labute approximate surface area is 194 Å². The third-order valence-electron chi connectivity index (χ3n) is 5.98. The predicted molar refractivity (Wildman–Crippen MR) is 113 cm³/mol. The second-order valence-electron chi connectivity index (χ2n) is 8.20. The van der Waals surface area contributed by atoms with Gasteiger partial charge < -0.3 is 4.52 Å². The van der Waals surface area contributed by atoms with Gasteiger partial charge in [-0.1, -0.05) is 5.16 Å². The molecule has 0 aliphatic heterocycles. The number of benzene rings is 1. The summed E-state index contributed by atoms with van der Waals surface area (Å²) >= 11 is 0. The molecule has 180 valence electrons. The van der Waals surface area contributed by atoms with E-state index in [2.05, 4.69) is 20.2 Å². The summed E-state index contributed by atoms with van der Waals surface area (Å²) in [5.41, 5.74) is 0.453. The first kappa shape index (κ1) is 22.7. The number of aryl methyl sites for hydroxylation is 1. The van der Waals surface area contributed by atoms with Crippen LogP contribution in [0.2, 0.25) is 0 Å². The summed E-state index contributed by atoms with van der Waals surface area (Å²) in [7, 11) is 0. The molecule has 0 spiro atoms. The summed E-state index contributed by atoms with van der Waals surface area (Å²) in [6.45, 7) is 0. The third-order valence-corrected chi connectivity index (χ3v) is 5.98. The minimum Gasteiger partial charge on any atom is -0.339 e. The topological polar surface area (TPSA) is 107 Å². The molecular formula is C23H17F4N5O3. The van der Waals surface area contributed by atoms with Crippen LogP contribution in [0.4, 0.5) is 17.6 Å². The number of pyridine rings is 1. The van der Waals surface area contributed by atoms with Gasteiger partial charge in [-0.25, -0.2) is 27.2 Å². The number of carbonyl (C=O) groups is 1. The first-order valence-electron chi connectivity index (χ1n) is 10.7. The van der Waals surface area contributed by atoms with Gasteiger partial charge in [-0.15, -0.1) is 0 Å². The van der Waals surface area contributed by atoms with Gasteiger partial charge in [0.05, 0.1) is 11.9 Å². The Kier molecular flexibility index (Phi) is 5.79. The van der Waals surface area contributed by atoms with E-state index in [0.717, 1.165) is 16.9 Å². The number of aromatic amines is 1. The standard InChI is InChI=1S/C23H17F4N5O3/c24-12-2-4-17(28-10-12)22-29-19(35-31-22)5-6-20(33)32-18-7-11(1-3-14(18)23(34)30-32)15-8-13(25)9-16(26)21(15)27/h2,4,8-11H,1,3,5-7H2,(H,30,34). The molecule has 1 aliphatic carbocycles. The first-order valence-corrected chi connectivity index (χ1v) is 10.7.